The molecule has 1 atom stereocenters. The van der Waals surface area contributed by atoms with Crippen molar-refractivity contribution in [1.82, 2.24) is 20.7 Å². The molecule has 5 heteroatoms. The number of amides is 1. The predicted octanol–water partition coefficient (Wildman–Crippen LogP) is 2.12. The molecule has 0 spiro atoms. The van der Waals surface area contributed by atoms with Crippen LogP contribution in [0, 0.1) is 5.92 Å². The summed E-state index contributed by atoms with van der Waals surface area (Å²) in [6.45, 7) is 6.29. The van der Waals surface area contributed by atoms with E-state index in [1.165, 1.54) is 0 Å². The van der Waals surface area contributed by atoms with E-state index in [4.69, 9.17) is 0 Å². The van der Waals surface area contributed by atoms with Gasteiger partial charge in [0, 0.05) is 11.6 Å². The summed E-state index contributed by atoms with van der Waals surface area (Å²) in [5.74, 6) is 0.371. The van der Waals surface area contributed by atoms with Crippen molar-refractivity contribution in [3.8, 4) is 0 Å². The smallest absolute Gasteiger partial charge is 0.251 e. The summed E-state index contributed by atoms with van der Waals surface area (Å²) >= 11 is 0. The number of benzene rings is 1. The van der Waals surface area contributed by atoms with Gasteiger partial charge in [0.1, 0.15) is 11.0 Å². The molecule has 1 aromatic carbocycles. The Labute approximate surface area is 106 Å². The van der Waals surface area contributed by atoms with Crippen LogP contribution in [0.1, 0.15) is 37.6 Å². The van der Waals surface area contributed by atoms with Gasteiger partial charge in [0.05, 0.1) is 0 Å². The lowest BCUT2D eigenvalue weighted by Crippen LogP contribution is -2.37. The van der Waals surface area contributed by atoms with Crippen LogP contribution in [0.3, 0.4) is 0 Å². The highest BCUT2D eigenvalue weighted by atomic mass is 16.1. The predicted molar refractivity (Wildman–Crippen MR) is 70.3 cm³/mol. The van der Waals surface area contributed by atoms with Gasteiger partial charge in [-0.1, -0.05) is 20.8 Å². The van der Waals surface area contributed by atoms with E-state index in [0.29, 0.717) is 17.0 Å². The first kappa shape index (κ1) is 12.5. The number of carbonyl (C=O) groups is 1. The van der Waals surface area contributed by atoms with Gasteiger partial charge >= 0.3 is 0 Å². The molecule has 0 saturated carbocycles. The van der Waals surface area contributed by atoms with E-state index in [0.717, 1.165) is 11.9 Å². The monoisotopic (exact) mass is 246 g/mol. The summed E-state index contributed by atoms with van der Waals surface area (Å²) in [5.41, 5.74) is 2.10. The fourth-order valence-electron chi connectivity index (χ4n) is 1.97. The molecule has 18 heavy (non-hydrogen) atoms. The third kappa shape index (κ3) is 2.50. The van der Waals surface area contributed by atoms with Crippen molar-refractivity contribution >= 4 is 16.9 Å². The van der Waals surface area contributed by atoms with Crippen LogP contribution in [0.2, 0.25) is 0 Å². The quantitative estimate of drug-likeness (QED) is 0.868. The van der Waals surface area contributed by atoms with Gasteiger partial charge in [0.15, 0.2) is 0 Å². The number of fused-ring (bicyclic) bond motifs is 1. The number of aromatic nitrogens is 3. The lowest BCUT2D eigenvalue weighted by Gasteiger charge is -2.20. The fourth-order valence-corrected chi connectivity index (χ4v) is 1.97. The maximum absolute atomic E-state index is 12.1. The molecule has 2 rings (SSSR count). The first-order valence-corrected chi connectivity index (χ1v) is 6.23. The van der Waals surface area contributed by atoms with Crippen LogP contribution >= 0.6 is 0 Å². The first-order valence-electron chi connectivity index (χ1n) is 6.23. The van der Waals surface area contributed by atoms with Gasteiger partial charge in [-0.15, -0.1) is 0 Å². The Balaban J connectivity index is 2.17. The van der Waals surface area contributed by atoms with Crippen molar-refractivity contribution < 1.29 is 4.79 Å². The summed E-state index contributed by atoms with van der Waals surface area (Å²) in [4.78, 5) is 12.1. The summed E-state index contributed by atoms with van der Waals surface area (Å²) in [6.07, 6.45) is 0.926. The minimum Gasteiger partial charge on any atom is -0.349 e. The maximum atomic E-state index is 12.1. The van der Waals surface area contributed by atoms with E-state index in [2.05, 4.69) is 41.5 Å². The van der Waals surface area contributed by atoms with Crippen LogP contribution in [0.15, 0.2) is 18.2 Å². The zero-order valence-corrected chi connectivity index (χ0v) is 10.9. The molecule has 5 nitrogen and oxygen atoms in total. The Morgan fingerprint density at radius 3 is 2.72 bits per heavy atom. The highest BCUT2D eigenvalue weighted by Gasteiger charge is 2.15. The zero-order valence-electron chi connectivity index (χ0n) is 10.9. The molecule has 0 unspecified atom stereocenters. The number of nitrogens with zero attached hydrogens (tertiary/aromatic N) is 2. The van der Waals surface area contributed by atoms with E-state index >= 15 is 0 Å². The minimum absolute atomic E-state index is 0.0551. The summed E-state index contributed by atoms with van der Waals surface area (Å²) in [6, 6.07) is 5.52. The van der Waals surface area contributed by atoms with Crippen LogP contribution < -0.4 is 5.32 Å². The highest BCUT2D eigenvalue weighted by Crippen LogP contribution is 2.12. The second kappa shape index (κ2) is 5.16. The molecule has 0 saturated heterocycles. The second-order valence-corrected chi connectivity index (χ2v) is 4.76. The average Bonchev–Trinajstić information content (AvgIpc) is 2.82. The molecule has 0 fully saturated rings. The number of H-pyrrole nitrogens is 1. The minimum atomic E-state index is -0.0551. The van der Waals surface area contributed by atoms with Crippen molar-refractivity contribution in [3.63, 3.8) is 0 Å². The molecule has 0 aliphatic heterocycles. The second-order valence-electron chi connectivity index (χ2n) is 4.76. The largest absolute Gasteiger partial charge is 0.349 e. The van der Waals surface area contributed by atoms with Crippen LogP contribution in [0.4, 0.5) is 0 Å². The number of rotatable bonds is 4. The molecule has 2 N–H and O–H groups in total. The molecular weight excluding hydrogens is 228 g/mol. The highest BCUT2D eigenvalue weighted by molar-refractivity contribution is 5.97. The lowest BCUT2D eigenvalue weighted by atomic mass is 10.0. The Bertz CT molecular complexity index is 547. The van der Waals surface area contributed by atoms with Crippen molar-refractivity contribution in [1.29, 1.82) is 0 Å². The molecular formula is C13H18N4O. The number of carbonyl (C=O) groups excluding carboxylic acids is 1. The lowest BCUT2D eigenvalue weighted by molar-refractivity contribution is 0.0924. The SMILES string of the molecule is CC[C@@H](NC(=O)c1ccc2n[nH]nc2c1)C(C)C. The van der Waals surface area contributed by atoms with Gasteiger partial charge in [0.25, 0.3) is 5.91 Å². The number of nitrogens with one attached hydrogen (secondary N) is 2. The van der Waals surface area contributed by atoms with Crippen LogP contribution in [0.25, 0.3) is 11.0 Å². The number of aromatic amines is 1. The molecule has 2 aromatic rings. The fraction of sp³-hybridized carbons (Fsp3) is 0.462. The van der Waals surface area contributed by atoms with E-state index in [1.807, 2.05) is 0 Å². The molecule has 1 aromatic heterocycles. The summed E-state index contributed by atoms with van der Waals surface area (Å²) in [5, 5.41) is 13.5. The van der Waals surface area contributed by atoms with Crippen molar-refractivity contribution in [3.05, 3.63) is 23.8 Å². The Morgan fingerprint density at radius 2 is 2.06 bits per heavy atom. The van der Waals surface area contributed by atoms with Crippen molar-refractivity contribution in [2.75, 3.05) is 0 Å². The van der Waals surface area contributed by atoms with Crippen LogP contribution in [-0.2, 0) is 0 Å². The standard InChI is InChI=1S/C13H18N4O/c1-4-10(8(2)3)14-13(18)9-5-6-11-12(7-9)16-17-15-11/h5-8,10H,4H2,1-3H3,(H,14,18)(H,15,16,17)/t10-/m1/s1. The summed E-state index contributed by atoms with van der Waals surface area (Å²) < 4.78 is 0. The Hall–Kier alpha value is -1.91. The first-order chi connectivity index (χ1) is 8.61. The Morgan fingerprint density at radius 1 is 1.33 bits per heavy atom. The zero-order chi connectivity index (χ0) is 13.1. The van der Waals surface area contributed by atoms with Gasteiger partial charge < -0.3 is 5.32 Å². The molecule has 0 bridgehead atoms. The molecule has 1 heterocycles. The Kier molecular flexibility index (Phi) is 3.60. The molecule has 1 amide bonds. The molecule has 96 valence electrons. The van der Waals surface area contributed by atoms with Gasteiger partial charge in [-0.3, -0.25) is 4.79 Å². The van der Waals surface area contributed by atoms with Crippen molar-refractivity contribution in [2.45, 2.75) is 33.2 Å². The maximum Gasteiger partial charge on any atom is 0.251 e. The van der Waals surface area contributed by atoms with Crippen molar-refractivity contribution in [2.24, 2.45) is 5.92 Å². The van der Waals surface area contributed by atoms with Gasteiger partial charge in [0.2, 0.25) is 0 Å². The molecule has 0 radical (unpaired) electrons. The molecule has 0 aliphatic carbocycles. The normalized spacial score (nSPS) is 12.9. The van der Waals surface area contributed by atoms with Gasteiger partial charge in [-0.05, 0) is 30.5 Å². The van der Waals surface area contributed by atoms with Crippen LogP contribution in [0.5, 0.6) is 0 Å². The average molecular weight is 246 g/mol. The van der Waals surface area contributed by atoms with E-state index in [1.54, 1.807) is 18.2 Å². The van der Waals surface area contributed by atoms with Gasteiger partial charge in [-0.2, -0.15) is 15.4 Å². The number of hydrogen-bond acceptors (Lipinski definition) is 3. The summed E-state index contributed by atoms with van der Waals surface area (Å²) in [7, 11) is 0. The van der Waals surface area contributed by atoms with E-state index < -0.39 is 0 Å². The van der Waals surface area contributed by atoms with E-state index in [-0.39, 0.29) is 11.9 Å². The third-order valence-corrected chi connectivity index (χ3v) is 3.14. The third-order valence-electron chi connectivity index (χ3n) is 3.14. The topological polar surface area (TPSA) is 70.7 Å². The van der Waals surface area contributed by atoms with Crippen LogP contribution in [-0.4, -0.2) is 27.4 Å². The number of hydrogen-bond donors (Lipinski definition) is 2. The van der Waals surface area contributed by atoms with E-state index in [9.17, 15) is 4.79 Å². The van der Waals surface area contributed by atoms with Gasteiger partial charge in [-0.25, -0.2) is 0 Å². The molecule has 0 aliphatic rings.